The van der Waals surface area contributed by atoms with Gasteiger partial charge in [-0.1, -0.05) is 0 Å². The van der Waals surface area contributed by atoms with Gasteiger partial charge >= 0.3 is 0 Å². The van der Waals surface area contributed by atoms with Crippen molar-refractivity contribution in [1.82, 2.24) is 9.80 Å². The molecule has 1 saturated heterocycles. The van der Waals surface area contributed by atoms with Gasteiger partial charge in [0, 0.05) is 43.5 Å². The Morgan fingerprint density at radius 1 is 1.26 bits per heavy atom. The van der Waals surface area contributed by atoms with Crippen LogP contribution in [0.2, 0.25) is 0 Å². The summed E-state index contributed by atoms with van der Waals surface area (Å²) in [6.45, 7) is 4.70. The molecule has 0 unspecified atom stereocenters. The minimum atomic E-state index is -0.179. The topological polar surface area (TPSA) is 53.0 Å². The summed E-state index contributed by atoms with van der Waals surface area (Å²) in [5.74, 6) is 0.163. The van der Waals surface area contributed by atoms with Crippen molar-refractivity contribution in [3.8, 4) is 0 Å². The lowest BCUT2D eigenvalue weighted by Crippen LogP contribution is -2.53. The molecular weight excluding hydrogens is 312 g/mol. The van der Waals surface area contributed by atoms with Crippen molar-refractivity contribution in [3.05, 3.63) is 21.4 Å². The van der Waals surface area contributed by atoms with E-state index >= 15 is 0 Å². The number of hydrogen-bond acceptors (Lipinski definition) is 5. The van der Waals surface area contributed by atoms with E-state index < -0.39 is 0 Å². The van der Waals surface area contributed by atoms with E-state index in [2.05, 4.69) is 4.90 Å². The number of hydrogen-bond donors (Lipinski definition) is 1. The first-order chi connectivity index (χ1) is 11.2. The molecule has 4 rings (SSSR count). The van der Waals surface area contributed by atoms with Gasteiger partial charge in [0.1, 0.15) is 0 Å². The molecule has 3 heterocycles. The molecule has 2 atom stereocenters. The number of aliphatic hydroxyl groups excluding tert-OH is 1. The Kier molecular flexibility index (Phi) is 4.41. The average molecular weight is 336 g/mol. The van der Waals surface area contributed by atoms with Crippen molar-refractivity contribution in [1.29, 1.82) is 0 Å². The molecule has 23 heavy (non-hydrogen) atoms. The molecular formula is C17H24N2O3S. The lowest BCUT2D eigenvalue weighted by atomic mass is 10.1. The molecule has 0 radical (unpaired) electrons. The van der Waals surface area contributed by atoms with Crippen LogP contribution in [0, 0.1) is 0 Å². The highest BCUT2D eigenvalue weighted by Gasteiger charge is 2.33. The molecule has 5 nitrogen and oxygen atoms in total. The third-order valence-corrected chi connectivity index (χ3v) is 6.58. The lowest BCUT2D eigenvalue weighted by molar-refractivity contribution is 0.0318. The normalized spacial score (nSPS) is 28.8. The standard InChI is InChI=1S/C17H24N2O3S/c20-14-3-1-2-13(14)18-5-7-19(8-6-18)17(21)16-10-12-11-22-9-4-15(12)23-16/h10,13-14,20H,1-9,11H2/t13-,14-/m0/s1. The number of fused-ring (bicyclic) bond motifs is 1. The highest BCUT2D eigenvalue weighted by Crippen LogP contribution is 2.29. The van der Waals surface area contributed by atoms with E-state index in [9.17, 15) is 9.90 Å². The summed E-state index contributed by atoms with van der Waals surface area (Å²) in [6, 6.07) is 2.33. The number of rotatable bonds is 2. The molecule has 126 valence electrons. The number of ether oxygens (including phenoxy) is 1. The molecule has 1 aromatic heterocycles. The monoisotopic (exact) mass is 336 g/mol. The van der Waals surface area contributed by atoms with Crippen molar-refractivity contribution >= 4 is 17.2 Å². The van der Waals surface area contributed by atoms with E-state index in [1.54, 1.807) is 11.3 Å². The second-order valence-electron chi connectivity index (χ2n) is 6.76. The zero-order valence-corrected chi connectivity index (χ0v) is 14.2. The van der Waals surface area contributed by atoms with Crippen molar-refractivity contribution in [2.24, 2.45) is 0 Å². The number of aliphatic hydroxyl groups is 1. The summed E-state index contributed by atoms with van der Waals surface area (Å²) in [5.41, 5.74) is 1.19. The molecule has 1 N–H and O–H groups in total. The first-order valence-electron chi connectivity index (χ1n) is 8.63. The predicted molar refractivity (Wildman–Crippen MR) is 88.8 cm³/mol. The van der Waals surface area contributed by atoms with E-state index in [-0.39, 0.29) is 12.0 Å². The zero-order chi connectivity index (χ0) is 15.8. The summed E-state index contributed by atoms with van der Waals surface area (Å²) in [5, 5.41) is 10.1. The summed E-state index contributed by atoms with van der Waals surface area (Å²) in [6.07, 6.45) is 3.88. The predicted octanol–water partition coefficient (Wildman–Crippen LogP) is 1.49. The summed E-state index contributed by atoms with van der Waals surface area (Å²) in [4.78, 5) is 19.2. The quantitative estimate of drug-likeness (QED) is 0.889. The Morgan fingerprint density at radius 2 is 2.09 bits per heavy atom. The van der Waals surface area contributed by atoms with Gasteiger partial charge in [-0.2, -0.15) is 0 Å². The maximum Gasteiger partial charge on any atom is 0.264 e. The van der Waals surface area contributed by atoms with Crippen LogP contribution in [0.15, 0.2) is 6.07 Å². The van der Waals surface area contributed by atoms with Crippen LogP contribution in [0.4, 0.5) is 0 Å². The first-order valence-corrected chi connectivity index (χ1v) is 9.45. The van der Waals surface area contributed by atoms with Gasteiger partial charge in [0.25, 0.3) is 5.91 Å². The number of nitrogens with zero attached hydrogens (tertiary/aromatic N) is 2. The van der Waals surface area contributed by atoms with Crippen molar-refractivity contribution in [2.45, 2.75) is 44.4 Å². The Labute approximate surface area is 140 Å². The molecule has 2 fully saturated rings. The van der Waals surface area contributed by atoms with Crippen molar-refractivity contribution in [2.75, 3.05) is 32.8 Å². The Balaban J connectivity index is 1.38. The van der Waals surface area contributed by atoms with Gasteiger partial charge in [0.15, 0.2) is 0 Å². The fourth-order valence-corrected chi connectivity index (χ4v) is 5.13. The van der Waals surface area contributed by atoms with Crippen LogP contribution < -0.4 is 0 Å². The second kappa shape index (κ2) is 6.51. The maximum atomic E-state index is 12.7. The Hall–Kier alpha value is -0.950. The molecule has 1 aliphatic carbocycles. The van der Waals surface area contributed by atoms with E-state index in [0.717, 1.165) is 63.3 Å². The van der Waals surface area contributed by atoms with E-state index in [1.165, 1.54) is 10.4 Å². The molecule has 1 aromatic rings. The minimum Gasteiger partial charge on any atom is -0.391 e. The van der Waals surface area contributed by atoms with Crippen molar-refractivity contribution < 1.29 is 14.6 Å². The van der Waals surface area contributed by atoms with Gasteiger partial charge in [0.2, 0.25) is 0 Å². The van der Waals surface area contributed by atoms with Gasteiger partial charge in [-0.3, -0.25) is 9.69 Å². The SMILES string of the molecule is O=C(c1cc2c(s1)CCOC2)N1CCN([C@H]2CCC[C@@H]2O)CC1. The fraction of sp³-hybridized carbons (Fsp3) is 0.706. The van der Waals surface area contributed by atoms with Crippen LogP contribution in [0.1, 0.15) is 39.4 Å². The third kappa shape index (κ3) is 3.05. The van der Waals surface area contributed by atoms with Gasteiger partial charge in [-0.25, -0.2) is 0 Å². The van der Waals surface area contributed by atoms with Gasteiger partial charge in [0.05, 0.1) is 24.2 Å². The van der Waals surface area contributed by atoms with E-state index in [4.69, 9.17) is 4.74 Å². The first kappa shape index (κ1) is 15.6. The molecule has 2 aliphatic heterocycles. The number of thiophene rings is 1. The molecule has 6 heteroatoms. The second-order valence-corrected chi connectivity index (χ2v) is 7.89. The number of piperazine rings is 1. The highest BCUT2D eigenvalue weighted by molar-refractivity contribution is 7.14. The summed E-state index contributed by atoms with van der Waals surface area (Å²) in [7, 11) is 0. The summed E-state index contributed by atoms with van der Waals surface area (Å²) >= 11 is 1.64. The van der Waals surface area contributed by atoms with Gasteiger partial charge in [-0.15, -0.1) is 11.3 Å². The third-order valence-electron chi connectivity index (χ3n) is 5.35. The minimum absolute atomic E-state index is 0.163. The van der Waals surface area contributed by atoms with Crippen LogP contribution in [-0.2, 0) is 17.8 Å². The fourth-order valence-electron chi connectivity index (χ4n) is 4.01. The van der Waals surface area contributed by atoms with Gasteiger partial charge < -0.3 is 14.7 Å². The van der Waals surface area contributed by atoms with Crippen LogP contribution >= 0.6 is 11.3 Å². The highest BCUT2D eigenvalue weighted by atomic mass is 32.1. The van der Waals surface area contributed by atoms with Crippen LogP contribution in [0.3, 0.4) is 0 Å². The van der Waals surface area contributed by atoms with Crippen LogP contribution in [-0.4, -0.2) is 65.7 Å². The molecule has 1 saturated carbocycles. The number of amides is 1. The molecule has 1 amide bonds. The van der Waals surface area contributed by atoms with E-state index in [1.807, 2.05) is 11.0 Å². The average Bonchev–Trinajstić information content (AvgIpc) is 3.20. The smallest absolute Gasteiger partial charge is 0.264 e. The largest absolute Gasteiger partial charge is 0.391 e. The van der Waals surface area contributed by atoms with Crippen LogP contribution in [0.25, 0.3) is 0 Å². The molecule has 3 aliphatic rings. The van der Waals surface area contributed by atoms with E-state index in [0.29, 0.717) is 12.6 Å². The lowest BCUT2D eigenvalue weighted by Gasteiger charge is -2.39. The maximum absolute atomic E-state index is 12.7. The summed E-state index contributed by atoms with van der Waals surface area (Å²) < 4.78 is 5.47. The zero-order valence-electron chi connectivity index (χ0n) is 13.4. The van der Waals surface area contributed by atoms with Crippen molar-refractivity contribution in [3.63, 3.8) is 0 Å². The Bertz CT molecular complexity index is 557. The molecule has 0 spiro atoms. The number of carbonyl (C=O) groups excluding carboxylic acids is 1. The molecule has 0 bridgehead atoms. The van der Waals surface area contributed by atoms with Gasteiger partial charge in [-0.05, 0) is 30.9 Å². The molecule has 0 aromatic carbocycles. The van der Waals surface area contributed by atoms with Crippen LogP contribution in [0.5, 0.6) is 0 Å². The Morgan fingerprint density at radius 3 is 2.78 bits per heavy atom. The number of carbonyl (C=O) groups is 1.